The number of amides is 1. The molecule has 0 bridgehead atoms. The zero-order valence-electron chi connectivity index (χ0n) is 11.7. The van der Waals surface area contributed by atoms with Crippen molar-refractivity contribution in [3.8, 4) is 11.5 Å². The fourth-order valence-electron chi connectivity index (χ4n) is 2.94. The highest BCUT2D eigenvalue weighted by molar-refractivity contribution is 5.79. The summed E-state index contributed by atoms with van der Waals surface area (Å²) >= 11 is 0. The Morgan fingerprint density at radius 2 is 1.85 bits per heavy atom. The minimum atomic E-state index is 0.107. The Morgan fingerprint density at radius 3 is 2.65 bits per heavy atom. The number of benzene rings is 1. The highest BCUT2D eigenvalue weighted by Crippen LogP contribution is 2.32. The standard InChI is InChI=1S/C16H21NO3/c18-16(17-13-5-3-1-2-4-6-13)10-12-7-8-14-15(9-12)20-11-19-14/h7-9,13H,1-6,10-11H2,(H,17,18). The number of hydrogen-bond acceptors (Lipinski definition) is 3. The predicted molar refractivity (Wildman–Crippen MR) is 75.9 cm³/mol. The van der Waals surface area contributed by atoms with Gasteiger partial charge in [0.25, 0.3) is 0 Å². The Morgan fingerprint density at radius 1 is 1.10 bits per heavy atom. The minimum Gasteiger partial charge on any atom is -0.454 e. The van der Waals surface area contributed by atoms with Crippen LogP contribution in [0.25, 0.3) is 0 Å². The number of ether oxygens (including phenoxy) is 2. The highest BCUT2D eigenvalue weighted by Gasteiger charge is 2.17. The van der Waals surface area contributed by atoms with Crippen LogP contribution in [0.3, 0.4) is 0 Å². The summed E-state index contributed by atoms with van der Waals surface area (Å²) in [6.07, 6.45) is 7.71. The fourth-order valence-corrected chi connectivity index (χ4v) is 2.94. The van der Waals surface area contributed by atoms with Crippen LogP contribution in [0, 0.1) is 0 Å². The van der Waals surface area contributed by atoms with Crippen LogP contribution < -0.4 is 14.8 Å². The van der Waals surface area contributed by atoms with E-state index in [0.717, 1.165) is 29.9 Å². The van der Waals surface area contributed by atoms with Gasteiger partial charge < -0.3 is 14.8 Å². The molecule has 0 aromatic heterocycles. The van der Waals surface area contributed by atoms with Gasteiger partial charge in [-0.05, 0) is 30.5 Å². The maximum Gasteiger partial charge on any atom is 0.231 e. The molecule has 4 heteroatoms. The molecule has 1 saturated carbocycles. The number of carbonyl (C=O) groups excluding carboxylic acids is 1. The summed E-state index contributed by atoms with van der Waals surface area (Å²) in [6, 6.07) is 6.06. The van der Waals surface area contributed by atoms with Crippen LogP contribution >= 0.6 is 0 Å². The van der Waals surface area contributed by atoms with Crippen LogP contribution in [-0.2, 0) is 11.2 Å². The average Bonchev–Trinajstić information content (AvgIpc) is 2.75. The molecule has 0 saturated heterocycles. The summed E-state index contributed by atoms with van der Waals surface area (Å²) in [5.41, 5.74) is 0.973. The predicted octanol–water partition coefficient (Wildman–Crippen LogP) is 2.80. The van der Waals surface area contributed by atoms with Crippen LogP contribution in [0.15, 0.2) is 18.2 Å². The summed E-state index contributed by atoms with van der Waals surface area (Å²) in [5.74, 6) is 1.61. The molecule has 0 spiro atoms. The molecule has 0 radical (unpaired) electrons. The van der Waals surface area contributed by atoms with E-state index >= 15 is 0 Å². The van der Waals surface area contributed by atoms with Crippen molar-refractivity contribution in [3.05, 3.63) is 23.8 Å². The molecule has 1 aromatic rings. The summed E-state index contributed by atoms with van der Waals surface area (Å²) in [7, 11) is 0. The molecule has 1 aromatic carbocycles. The van der Waals surface area contributed by atoms with E-state index in [0.29, 0.717) is 12.5 Å². The second kappa shape index (κ2) is 6.16. The molecule has 1 aliphatic heterocycles. The number of nitrogens with one attached hydrogen (secondary N) is 1. The van der Waals surface area contributed by atoms with E-state index in [9.17, 15) is 4.79 Å². The Balaban J connectivity index is 1.55. The topological polar surface area (TPSA) is 47.6 Å². The van der Waals surface area contributed by atoms with Gasteiger partial charge in [0.1, 0.15) is 0 Å². The lowest BCUT2D eigenvalue weighted by atomic mass is 10.1. The van der Waals surface area contributed by atoms with Gasteiger partial charge in [0.15, 0.2) is 11.5 Å². The third-order valence-electron chi connectivity index (χ3n) is 4.02. The normalized spacial score (nSPS) is 18.6. The Bertz CT molecular complexity index is 479. The second-order valence-corrected chi connectivity index (χ2v) is 5.62. The van der Waals surface area contributed by atoms with Gasteiger partial charge in [0.2, 0.25) is 12.7 Å². The minimum absolute atomic E-state index is 0.107. The number of hydrogen-bond donors (Lipinski definition) is 1. The van der Waals surface area contributed by atoms with Crippen molar-refractivity contribution in [1.29, 1.82) is 0 Å². The molecule has 108 valence electrons. The lowest BCUT2D eigenvalue weighted by molar-refractivity contribution is -0.121. The van der Waals surface area contributed by atoms with E-state index < -0.39 is 0 Å². The van der Waals surface area contributed by atoms with Gasteiger partial charge in [0, 0.05) is 6.04 Å². The molecule has 20 heavy (non-hydrogen) atoms. The summed E-state index contributed by atoms with van der Waals surface area (Å²) < 4.78 is 10.6. The SMILES string of the molecule is O=C(Cc1ccc2c(c1)OCO2)NC1CCCCCC1. The molecule has 1 heterocycles. The zero-order valence-corrected chi connectivity index (χ0v) is 11.7. The Kier molecular flexibility index (Phi) is 4.09. The maximum absolute atomic E-state index is 12.1. The van der Waals surface area contributed by atoms with Gasteiger partial charge in [0.05, 0.1) is 6.42 Å². The molecular weight excluding hydrogens is 254 g/mol. The van der Waals surface area contributed by atoms with Crippen LogP contribution in [0.5, 0.6) is 11.5 Å². The molecule has 1 N–H and O–H groups in total. The van der Waals surface area contributed by atoms with E-state index in [1.807, 2.05) is 18.2 Å². The molecule has 1 amide bonds. The molecule has 4 nitrogen and oxygen atoms in total. The molecule has 0 atom stereocenters. The molecule has 3 rings (SSSR count). The quantitative estimate of drug-likeness (QED) is 0.863. The summed E-state index contributed by atoms with van der Waals surface area (Å²) in [6.45, 7) is 0.271. The van der Waals surface area contributed by atoms with Gasteiger partial charge in [-0.15, -0.1) is 0 Å². The number of fused-ring (bicyclic) bond motifs is 1. The summed E-state index contributed by atoms with van der Waals surface area (Å²) in [5, 5.41) is 3.16. The van der Waals surface area contributed by atoms with Crippen LogP contribution in [0.4, 0.5) is 0 Å². The van der Waals surface area contributed by atoms with E-state index in [1.54, 1.807) is 0 Å². The number of carbonyl (C=O) groups is 1. The van der Waals surface area contributed by atoms with Crippen molar-refractivity contribution in [2.75, 3.05) is 6.79 Å². The van der Waals surface area contributed by atoms with Gasteiger partial charge >= 0.3 is 0 Å². The van der Waals surface area contributed by atoms with Crippen LogP contribution in [0.2, 0.25) is 0 Å². The molecular formula is C16H21NO3. The molecule has 1 fully saturated rings. The van der Waals surface area contributed by atoms with Gasteiger partial charge in [-0.3, -0.25) is 4.79 Å². The highest BCUT2D eigenvalue weighted by atomic mass is 16.7. The van der Waals surface area contributed by atoms with Crippen LogP contribution in [-0.4, -0.2) is 18.7 Å². The van der Waals surface area contributed by atoms with Crippen molar-refractivity contribution >= 4 is 5.91 Å². The first kappa shape index (κ1) is 13.3. The van der Waals surface area contributed by atoms with Gasteiger partial charge in [-0.25, -0.2) is 0 Å². The van der Waals surface area contributed by atoms with E-state index in [2.05, 4.69) is 5.32 Å². The summed E-state index contributed by atoms with van der Waals surface area (Å²) in [4.78, 5) is 12.1. The lowest BCUT2D eigenvalue weighted by Gasteiger charge is -2.16. The zero-order chi connectivity index (χ0) is 13.8. The lowest BCUT2D eigenvalue weighted by Crippen LogP contribution is -2.35. The van der Waals surface area contributed by atoms with Crippen molar-refractivity contribution in [2.45, 2.75) is 51.0 Å². The Hall–Kier alpha value is -1.71. The number of rotatable bonds is 3. The van der Waals surface area contributed by atoms with E-state index in [1.165, 1.54) is 25.7 Å². The largest absolute Gasteiger partial charge is 0.454 e. The first-order valence-electron chi connectivity index (χ1n) is 7.49. The monoisotopic (exact) mass is 275 g/mol. The molecule has 2 aliphatic rings. The maximum atomic E-state index is 12.1. The first-order chi connectivity index (χ1) is 9.81. The van der Waals surface area contributed by atoms with Crippen LogP contribution in [0.1, 0.15) is 44.1 Å². The Labute approximate surface area is 119 Å². The van der Waals surface area contributed by atoms with E-state index in [-0.39, 0.29) is 12.7 Å². The second-order valence-electron chi connectivity index (χ2n) is 5.62. The van der Waals surface area contributed by atoms with Crippen molar-refractivity contribution in [2.24, 2.45) is 0 Å². The van der Waals surface area contributed by atoms with Gasteiger partial charge in [-0.1, -0.05) is 31.7 Å². The van der Waals surface area contributed by atoms with Gasteiger partial charge in [-0.2, -0.15) is 0 Å². The van der Waals surface area contributed by atoms with Crippen molar-refractivity contribution < 1.29 is 14.3 Å². The fraction of sp³-hybridized carbons (Fsp3) is 0.562. The van der Waals surface area contributed by atoms with Crippen molar-refractivity contribution in [3.63, 3.8) is 0 Å². The third kappa shape index (κ3) is 3.24. The molecule has 1 aliphatic carbocycles. The molecule has 0 unspecified atom stereocenters. The average molecular weight is 275 g/mol. The first-order valence-corrected chi connectivity index (χ1v) is 7.49. The smallest absolute Gasteiger partial charge is 0.231 e. The van der Waals surface area contributed by atoms with E-state index in [4.69, 9.17) is 9.47 Å². The third-order valence-corrected chi connectivity index (χ3v) is 4.02. The van der Waals surface area contributed by atoms with Crippen molar-refractivity contribution in [1.82, 2.24) is 5.32 Å².